The van der Waals surface area contributed by atoms with E-state index in [9.17, 15) is 4.79 Å². The fourth-order valence-corrected chi connectivity index (χ4v) is 2.21. The Balaban J connectivity index is 2.04. The molecular formula is C14H14N2OS. The number of amides is 1. The van der Waals surface area contributed by atoms with E-state index in [1.807, 2.05) is 42.7 Å². The maximum Gasteiger partial charge on any atom is 0.252 e. The molecule has 0 aliphatic heterocycles. The van der Waals surface area contributed by atoms with Crippen LogP contribution in [0.3, 0.4) is 0 Å². The summed E-state index contributed by atoms with van der Waals surface area (Å²) in [6, 6.07) is 11.4. The zero-order valence-electron chi connectivity index (χ0n) is 10.1. The molecule has 1 aromatic heterocycles. The number of carbonyl (C=O) groups excluding carboxylic acids is 1. The lowest BCUT2D eigenvalue weighted by Crippen LogP contribution is -2.23. The number of nitrogens with zero attached hydrogens (tertiary/aromatic N) is 1. The summed E-state index contributed by atoms with van der Waals surface area (Å²) in [6.45, 7) is 0.518. The van der Waals surface area contributed by atoms with E-state index in [1.165, 1.54) is 0 Å². The van der Waals surface area contributed by atoms with E-state index in [0.29, 0.717) is 6.54 Å². The van der Waals surface area contributed by atoms with Gasteiger partial charge in [-0.25, -0.2) is 0 Å². The van der Waals surface area contributed by atoms with Crippen LogP contribution in [0.15, 0.2) is 53.7 Å². The van der Waals surface area contributed by atoms with Crippen LogP contribution in [0, 0.1) is 0 Å². The summed E-state index contributed by atoms with van der Waals surface area (Å²) in [4.78, 5) is 17.0. The summed E-state index contributed by atoms with van der Waals surface area (Å²) in [7, 11) is 0. The molecule has 0 atom stereocenters. The van der Waals surface area contributed by atoms with Gasteiger partial charge in [-0.2, -0.15) is 0 Å². The van der Waals surface area contributed by atoms with Crippen LogP contribution in [0.1, 0.15) is 15.9 Å². The third-order valence-electron chi connectivity index (χ3n) is 2.55. The number of hydrogen-bond donors (Lipinski definition) is 1. The monoisotopic (exact) mass is 258 g/mol. The van der Waals surface area contributed by atoms with Crippen molar-refractivity contribution in [2.45, 2.75) is 11.4 Å². The Bertz CT molecular complexity index is 528. The molecule has 0 saturated heterocycles. The molecule has 1 heterocycles. The van der Waals surface area contributed by atoms with Crippen molar-refractivity contribution < 1.29 is 4.79 Å². The van der Waals surface area contributed by atoms with Gasteiger partial charge in [-0.05, 0) is 36.1 Å². The van der Waals surface area contributed by atoms with Crippen LogP contribution in [-0.2, 0) is 6.54 Å². The molecular weight excluding hydrogens is 244 g/mol. The van der Waals surface area contributed by atoms with Gasteiger partial charge in [-0.3, -0.25) is 9.78 Å². The zero-order chi connectivity index (χ0) is 12.8. The normalized spacial score (nSPS) is 10.1. The van der Waals surface area contributed by atoms with E-state index in [0.717, 1.165) is 16.0 Å². The molecule has 18 heavy (non-hydrogen) atoms. The lowest BCUT2D eigenvalue weighted by atomic mass is 10.2. The number of carbonyl (C=O) groups is 1. The number of aromatic nitrogens is 1. The number of rotatable bonds is 4. The summed E-state index contributed by atoms with van der Waals surface area (Å²) in [5, 5.41) is 2.91. The Morgan fingerprint density at radius 2 is 1.94 bits per heavy atom. The number of hydrogen-bond acceptors (Lipinski definition) is 3. The molecule has 0 aliphatic rings. The van der Waals surface area contributed by atoms with Crippen molar-refractivity contribution in [3.8, 4) is 0 Å². The summed E-state index contributed by atoms with van der Waals surface area (Å²) in [6.07, 6.45) is 5.41. The Kier molecular flexibility index (Phi) is 4.36. The Labute approximate surface area is 111 Å². The number of benzene rings is 1. The molecule has 2 aromatic rings. The fraction of sp³-hybridized carbons (Fsp3) is 0.143. The SMILES string of the molecule is CSc1ccccc1C(=O)NCc1ccncc1. The molecule has 0 saturated carbocycles. The van der Waals surface area contributed by atoms with Gasteiger partial charge < -0.3 is 5.32 Å². The van der Waals surface area contributed by atoms with Crippen LogP contribution >= 0.6 is 11.8 Å². The maximum absolute atomic E-state index is 12.1. The molecule has 1 amide bonds. The minimum absolute atomic E-state index is 0.0447. The van der Waals surface area contributed by atoms with E-state index in [1.54, 1.807) is 24.2 Å². The van der Waals surface area contributed by atoms with Crippen molar-refractivity contribution >= 4 is 17.7 Å². The largest absolute Gasteiger partial charge is 0.348 e. The Hall–Kier alpha value is -1.81. The van der Waals surface area contributed by atoms with Crippen molar-refractivity contribution in [1.29, 1.82) is 0 Å². The lowest BCUT2D eigenvalue weighted by Gasteiger charge is -2.08. The van der Waals surface area contributed by atoms with Gasteiger partial charge in [0.05, 0.1) is 5.56 Å². The first-order chi connectivity index (χ1) is 8.81. The van der Waals surface area contributed by atoms with Crippen molar-refractivity contribution in [2.24, 2.45) is 0 Å². The predicted octanol–water partition coefficient (Wildman–Crippen LogP) is 2.73. The third kappa shape index (κ3) is 3.11. The molecule has 1 N–H and O–H groups in total. The van der Waals surface area contributed by atoms with E-state index < -0.39 is 0 Å². The first-order valence-corrected chi connectivity index (χ1v) is 6.84. The topological polar surface area (TPSA) is 42.0 Å². The highest BCUT2D eigenvalue weighted by atomic mass is 32.2. The predicted molar refractivity (Wildman–Crippen MR) is 73.6 cm³/mol. The van der Waals surface area contributed by atoms with Crippen LogP contribution in [0.4, 0.5) is 0 Å². The van der Waals surface area contributed by atoms with E-state index >= 15 is 0 Å². The smallest absolute Gasteiger partial charge is 0.252 e. The molecule has 0 unspecified atom stereocenters. The molecule has 3 nitrogen and oxygen atoms in total. The Morgan fingerprint density at radius 3 is 2.67 bits per heavy atom. The summed E-state index contributed by atoms with van der Waals surface area (Å²) >= 11 is 1.57. The highest BCUT2D eigenvalue weighted by Crippen LogP contribution is 2.19. The van der Waals surface area contributed by atoms with Crippen molar-refractivity contribution in [3.05, 3.63) is 59.9 Å². The van der Waals surface area contributed by atoms with Gasteiger partial charge in [0.2, 0.25) is 0 Å². The minimum Gasteiger partial charge on any atom is -0.348 e. The van der Waals surface area contributed by atoms with E-state index in [-0.39, 0.29) is 5.91 Å². The molecule has 2 rings (SSSR count). The second-order valence-electron chi connectivity index (χ2n) is 3.74. The third-order valence-corrected chi connectivity index (χ3v) is 3.35. The van der Waals surface area contributed by atoms with Crippen molar-refractivity contribution in [3.63, 3.8) is 0 Å². The van der Waals surface area contributed by atoms with Crippen LogP contribution in [0.25, 0.3) is 0 Å². The first kappa shape index (κ1) is 12.6. The number of thioether (sulfide) groups is 1. The number of pyridine rings is 1. The van der Waals surface area contributed by atoms with Crippen molar-refractivity contribution in [1.82, 2.24) is 10.3 Å². The number of nitrogens with one attached hydrogen (secondary N) is 1. The molecule has 1 aromatic carbocycles. The van der Waals surface area contributed by atoms with Crippen LogP contribution in [0.2, 0.25) is 0 Å². The molecule has 0 radical (unpaired) electrons. The van der Waals surface area contributed by atoms with E-state index in [4.69, 9.17) is 0 Å². The van der Waals surface area contributed by atoms with Crippen LogP contribution in [0.5, 0.6) is 0 Å². The van der Waals surface area contributed by atoms with Gasteiger partial charge in [0, 0.05) is 23.8 Å². The van der Waals surface area contributed by atoms with Crippen LogP contribution < -0.4 is 5.32 Å². The standard InChI is InChI=1S/C14H14N2OS/c1-18-13-5-3-2-4-12(13)14(17)16-10-11-6-8-15-9-7-11/h2-9H,10H2,1H3,(H,16,17). The van der Waals surface area contributed by atoms with Gasteiger partial charge in [0.25, 0.3) is 5.91 Å². The molecule has 0 fully saturated rings. The van der Waals surface area contributed by atoms with Gasteiger partial charge >= 0.3 is 0 Å². The minimum atomic E-state index is -0.0447. The quantitative estimate of drug-likeness (QED) is 0.857. The summed E-state index contributed by atoms with van der Waals surface area (Å²) in [5.74, 6) is -0.0447. The average Bonchev–Trinajstić information content (AvgIpc) is 2.45. The van der Waals surface area contributed by atoms with Crippen LogP contribution in [-0.4, -0.2) is 17.1 Å². The molecule has 4 heteroatoms. The maximum atomic E-state index is 12.1. The van der Waals surface area contributed by atoms with E-state index in [2.05, 4.69) is 10.3 Å². The first-order valence-electron chi connectivity index (χ1n) is 5.61. The van der Waals surface area contributed by atoms with Gasteiger partial charge in [0.15, 0.2) is 0 Å². The molecule has 0 bridgehead atoms. The second kappa shape index (κ2) is 6.21. The highest BCUT2D eigenvalue weighted by Gasteiger charge is 2.09. The molecule has 0 spiro atoms. The summed E-state index contributed by atoms with van der Waals surface area (Å²) in [5.41, 5.74) is 1.76. The zero-order valence-corrected chi connectivity index (χ0v) is 10.9. The lowest BCUT2D eigenvalue weighted by molar-refractivity contribution is 0.0948. The van der Waals surface area contributed by atoms with Crippen molar-refractivity contribution in [2.75, 3.05) is 6.26 Å². The van der Waals surface area contributed by atoms with Gasteiger partial charge in [0.1, 0.15) is 0 Å². The van der Waals surface area contributed by atoms with Gasteiger partial charge in [-0.15, -0.1) is 11.8 Å². The summed E-state index contributed by atoms with van der Waals surface area (Å²) < 4.78 is 0. The molecule has 92 valence electrons. The molecule has 0 aliphatic carbocycles. The highest BCUT2D eigenvalue weighted by molar-refractivity contribution is 7.98. The Morgan fingerprint density at radius 1 is 1.22 bits per heavy atom. The second-order valence-corrected chi connectivity index (χ2v) is 4.59. The average molecular weight is 258 g/mol. The fourth-order valence-electron chi connectivity index (χ4n) is 1.61. The van der Waals surface area contributed by atoms with Gasteiger partial charge in [-0.1, -0.05) is 12.1 Å².